The average Bonchev–Trinajstić information content (AvgIpc) is 2.77. The molecule has 0 atom stereocenters. The maximum Gasteiger partial charge on any atom is 0.374 e. The molecular formula is C18H14N6O7. The Morgan fingerprint density at radius 1 is 0.935 bits per heavy atom. The number of ether oxygens (including phenoxy) is 2. The van der Waals surface area contributed by atoms with E-state index in [1.807, 2.05) is 0 Å². The van der Waals surface area contributed by atoms with Crippen molar-refractivity contribution in [3.05, 3.63) is 80.7 Å². The highest BCUT2D eigenvalue weighted by Crippen LogP contribution is 2.34. The standard InChI is InChI=1S/C18H14N6O7/c1-30-18(25)11-2-8-14(9-3-11)31-17-15(24(28)29)16(19-10-20-17)22-21-12-4-6-13(7-5-12)23(26)27/h2-10,21H,1H3,(H,19,20,22). The van der Waals surface area contributed by atoms with E-state index in [9.17, 15) is 25.0 Å². The van der Waals surface area contributed by atoms with Gasteiger partial charge in [0.1, 0.15) is 12.1 Å². The van der Waals surface area contributed by atoms with E-state index in [-0.39, 0.29) is 28.7 Å². The van der Waals surface area contributed by atoms with Crippen LogP contribution in [-0.2, 0) is 4.74 Å². The van der Waals surface area contributed by atoms with Gasteiger partial charge in [-0.05, 0) is 36.4 Å². The van der Waals surface area contributed by atoms with Crippen molar-refractivity contribution < 1.29 is 24.1 Å². The number of hydrogen-bond donors (Lipinski definition) is 2. The highest BCUT2D eigenvalue weighted by atomic mass is 16.6. The number of carbonyl (C=O) groups excluding carboxylic acids is 1. The molecule has 0 spiro atoms. The van der Waals surface area contributed by atoms with Gasteiger partial charge in [-0.15, -0.1) is 0 Å². The zero-order chi connectivity index (χ0) is 22.4. The number of nitrogens with zero attached hydrogens (tertiary/aromatic N) is 4. The summed E-state index contributed by atoms with van der Waals surface area (Å²) in [6, 6.07) is 11.1. The molecule has 0 fully saturated rings. The first-order valence-electron chi connectivity index (χ1n) is 8.51. The second-order valence-electron chi connectivity index (χ2n) is 5.81. The van der Waals surface area contributed by atoms with Gasteiger partial charge in [0.15, 0.2) is 0 Å². The summed E-state index contributed by atoms with van der Waals surface area (Å²) >= 11 is 0. The molecule has 0 aliphatic carbocycles. The molecule has 0 amide bonds. The summed E-state index contributed by atoms with van der Waals surface area (Å²) in [6.07, 6.45) is 1.06. The quantitative estimate of drug-likeness (QED) is 0.307. The number of anilines is 2. The van der Waals surface area contributed by atoms with Crippen molar-refractivity contribution in [1.29, 1.82) is 0 Å². The molecule has 3 rings (SSSR count). The van der Waals surface area contributed by atoms with Crippen LogP contribution in [0.1, 0.15) is 10.4 Å². The Labute approximate surface area is 173 Å². The Hall–Kier alpha value is -4.81. The largest absolute Gasteiger partial charge is 0.465 e. The number of nitro groups is 2. The molecule has 0 bridgehead atoms. The van der Waals surface area contributed by atoms with Crippen molar-refractivity contribution >= 4 is 28.8 Å². The summed E-state index contributed by atoms with van der Waals surface area (Å²) in [4.78, 5) is 40.2. The Morgan fingerprint density at radius 2 is 1.61 bits per heavy atom. The minimum absolute atomic E-state index is 0.104. The maximum atomic E-state index is 11.6. The fraction of sp³-hybridized carbons (Fsp3) is 0.0556. The highest BCUT2D eigenvalue weighted by molar-refractivity contribution is 5.89. The molecule has 0 aliphatic heterocycles. The first-order valence-corrected chi connectivity index (χ1v) is 8.51. The molecule has 3 aromatic rings. The monoisotopic (exact) mass is 426 g/mol. The summed E-state index contributed by atoms with van der Waals surface area (Å²) in [7, 11) is 1.25. The number of hydrogen-bond acceptors (Lipinski definition) is 11. The second kappa shape index (κ2) is 9.13. The van der Waals surface area contributed by atoms with Gasteiger partial charge in [-0.1, -0.05) is 0 Å². The molecule has 13 nitrogen and oxygen atoms in total. The van der Waals surface area contributed by atoms with Crippen LogP contribution in [0.3, 0.4) is 0 Å². The lowest BCUT2D eigenvalue weighted by atomic mass is 10.2. The molecule has 2 aromatic carbocycles. The molecule has 13 heteroatoms. The van der Waals surface area contributed by atoms with Gasteiger partial charge in [0.05, 0.1) is 28.2 Å². The zero-order valence-electron chi connectivity index (χ0n) is 15.8. The van der Waals surface area contributed by atoms with Crippen LogP contribution in [0.25, 0.3) is 0 Å². The van der Waals surface area contributed by atoms with Crippen molar-refractivity contribution in [3.8, 4) is 11.6 Å². The van der Waals surface area contributed by atoms with E-state index < -0.39 is 21.5 Å². The molecule has 0 unspecified atom stereocenters. The Morgan fingerprint density at radius 3 is 2.19 bits per heavy atom. The van der Waals surface area contributed by atoms with Crippen LogP contribution >= 0.6 is 0 Å². The fourth-order valence-corrected chi connectivity index (χ4v) is 2.38. The van der Waals surface area contributed by atoms with Crippen LogP contribution in [0, 0.1) is 20.2 Å². The van der Waals surface area contributed by atoms with Gasteiger partial charge in [0, 0.05) is 12.1 Å². The van der Waals surface area contributed by atoms with Gasteiger partial charge in [-0.2, -0.15) is 4.98 Å². The third kappa shape index (κ3) is 4.97. The molecule has 31 heavy (non-hydrogen) atoms. The number of methoxy groups -OCH3 is 1. The number of non-ortho nitro benzene ring substituents is 1. The SMILES string of the molecule is COC(=O)c1ccc(Oc2ncnc(NNc3ccc([N+](=O)[O-])cc3)c2[N+](=O)[O-])cc1. The zero-order valence-corrected chi connectivity index (χ0v) is 15.8. The summed E-state index contributed by atoms with van der Waals surface area (Å²) in [5, 5.41) is 22.3. The number of rotatable bonds is 8. The average molecular weight is 426 g/mol. The molecule has 0 radical (unpaired) electrons. The second-order valence-corrected chi connectivity index (χ2v) is 5.81. The van der Waals surface area contributed by atoms with Crippen LogP contribution in [0.2, 0.25) is 0 Å². The first kappa shape index (κ1) is 20.9. The van der Waals surface area contributed by atoms with Gasteiger partial charge in [-0.3, -0.25) is 31.1 Å². The van der Waals surface area contributed by atoms with Crippen LogP contribution in [0.4, 0.5) is 22.9 Å². The lowest BCUT2D eigenvalue weighted by Crippen LogP contribution is -2.13. The summed E-state index contributed by atoms with van der Waals surface area (Å²) < 4.78 is 10.1. The predicted octanol–water partition coefficient (Wildman–Crippen LogP) is 3.31. The molecule has 0 saturated carbocycles. The lowest BCUT2D eigenvalue weighted by Gasteiger charge is -2.11. The molecule has 1 aromatic heterocycles. The van der Waals surface area contributed by atoms with Crippen molar-refractivity contribution in [2.45, 2.75) is 0 Å². The van der Waals surface area contributed by atoms with E-state index >= 15 is 0 Å². The van der Waals surface area contributed by atoms with Crippen molar-refractivity contribution in [2.24, 2.45) is 0 Å². The van der Waals surface area contributed by atoms with Crippen LogP contribution in [0.15, 0.2) is 54.9 Å². The van der Waals surface area contributed by atoms with E-state index in [4.69, 9.17) is 4.74 Å². The van der Waals surface area contributed by atoms with E-state index in [1.54, 1.807) is 0 Å². The summed E-state index contributed by atoms with van der Waals surface area (Å²) in [5.74, 6) is -0.870. The number of nitrogens with one attached hydrogen (secondary N) is 2. The van der Waals surface area contributed by atoms with Crippen LogP contribution in [-0.4, -0.2) is 32.9 Å². The minimum atomic E-state index is -0.724. The molecule has 0 saturated heterocycles. The van der Waals surface area contributed by atoms with Gasteiger partial charge in [0.2, 0.25) is 5.82 Å². The predicted molar refractivity (Wildman–Crippen MR) is 107 cm³/mol. The lowest BCUT2D eigenvalue weighted by molar-refractivity contribution is -0.385. The number of carbonyl (C=O) groups is 1. The summed E-state index contributed by atoms with van der Waals surface area (Å²) in [6.45, 7) is 0. The summed E-state index contributed by atoms with van der Waals surface area (Å²) in [5.41, 5.74) is 5.26. The Bertz CT molecular complexity index is 1120. The van der Waals surface area contributed by atoms with Crippen LogP contribution in [0.5, 0.6) is 11.6 Å². The van der Waals surface area contributed by atoms with Crippen LogP contribution < -0.4 is 15.6 Å². The van der Waals surface area contributed by atoms with Gasteiger partial charge in [0.25, 0.3) is 5.69 Å². The molecule has 158 valence electrons. The Balaban J connectivity index is 1.79. The van der Waals surface area contributed by atoms with E-state index in [0.29, 0.717) is 5.69 Å². The van der Waals surface area contributed by atoms with Gasteiger partial charge < -0.3 is 9.47 Å². The van der Waals surface area contributed by atoms with Gasteiger partial charge >= 0.3 is 17.5 Å². The number of hydrazine groups is 1. The molecular weight excluding hydrogens is 412 g/mol. The van der Waals surface area contributed by atoms with E-state index in [1.165, 1.54) is 55.6 Å². The molecule has 2 N–H and O–H groups in total. The van der Waals surface area contributed by atoms with Crippen molar-refractivity contribution in [3.63, 3.8) is 0 Å². The normalized spacial score (nSPS) is 10.1. The smallest absolute Gasteiger partial charge is 0.374 e. The first-order chi connectivity index (χ1) is 14.9. The van der Waals surface area contributed by atoms with Gasteiger partial charge in [-0.25, -0.2) is 9.78 Å². The topological polar surface area (TPSA) is 172 Å². The molecule has 0 aliphatic rings. The molecule has 1 heterocycles. The maximum absolute atomic E-state index is 11.6. The number of esters is 1. The minimum Gasteiger partial charge on any atom is -0.465 e. The Kier molecular flexibility index (Phi) is 6.16. The van der Waals surface area contributed by atoms with Crippen molar-refractivity contribution in [1.82, 2.24) is 9.97 Å². The van der Waals surface area contributed by atoms with E-state index in [0.717, 1.165) is 6.33 Å². The number of nitro benzene ring substituents is 1. The number of benzene rings is 2. The van der Waals surface area contributed by atoms with E-state index in [2.05, 4.69) is 25.6 Å². The van der Waals surface area contributed by atoms with Crippen molar-refractivity contribution in [2.75, 3.05) is 18.0 Å². The third-order valence-electron chi connectivity index (χ3n) is 3.86. The third-order valence-corrected chi connectivity index (χ3v) is 3.86. The fourth-order valence-electron chi connectivity index (χ4n) is 2.38. The number of aromatic nitrogens is 2. The highest BCUT2D eigenvalue weighted by Gasteiger charge is 2.25.